The highest BCUT2D eigenvalue weighted by Crippen LogP contribution is 2.19. The fraction of sp³-hybridized carbons (Fsp3) is 0.333. The molecule has 2 aromatic heterocycles. The van der Waals surface area contributed by atoms with Crippen molar-refractivity contribution in [2.75, 3.05) is 18.5 Å². The molecule has 0 amide bonds. The molecule has 0 aliphatic rings. The summed E-state index contributed by atoms with van der Waals surface area (Å²) < 4.78 is 38.3. The van der Waals surface area contributed by atoms with Gasteiger partial charge in [0.15, 0.2) is 0 Å². The van der Waals surface area contributed by atoms with E-state index in [1.165, 1.54) is 24.1 Å². The van der Waals surface area contributed by atoms with Crippen molar-refractivity contribution in [3.8, 4) is 5.95 Å². The minimum Gasteiger partial charge on any atom is -0.335 e. The monoisotopic (exact) mass is 292 g/mol. The van der Waals surface area contributed by atoms with Gasteiger partial charge in [-0.3, -0.25) is 4.57 Å². The van der Waals surface area contributed by atoms with Crippen molar-refractivity contribution in [1.82, 2.24) is 24.5 Å². The summed E-state index contributed by atoms with van der Waals surface area (Å²) >= 11 is 5.68. The molecular weight excluding hydrogens is 285 g/mol. The maximum absolute atomic E-state index is 12.3. The van der Waals surface area contributed by atoms with Crippen LogP contribution in [0.3, 0.4) is 0 Å². The van der Waals surface area contributed by atoms with Crippen LogP contribution in [0.25, 0.3) is 5.95 Å². The van der Waals surface area contributed by atoms with Crippen LogP contribution < -0.4 is 4.90 Å². The lowest BCUT2D eigenvalue weighted by atomic mass is 10.5. The molecule has 0 saturated heterocycles. The van der Waals surface area contributed by atoms with Gasteiger partial charge >= 0.3 is 6.18 Å². The molecule has 19 heavy (non-hydrogen) atoms. The van der Waals surface area contributed by atoms with Gasteiger partial charge in [-0.2, -0.15) is 28.1 Å². The predicted molar refractivity (Wildman–Crippen MR) is 61.3 cm³/mol. The molecule has 102 valence electrons. The molecule has 2 heterocycles. The third-order valence-electron chi connectivity index (χ3n) is 2.08. The van der Waals surface area contributed by atoms with Crippen LogP contribution in [-0.4, -0.2) is 44.3 Å². The average molecular weight is 293 g/mol. The molecular formula is C9H8ClF3N6. The summed E-state index contributed by atoms with van der Waals surface area (Å²) in [6, 6.07) is 0. The lowest BCUT2D eigenvalue weighted by Crippen LogP contribution is -2.32. The minimum absolute atomic E-state index is 0.0986. The molecule has 0 aliphatic heterocycles. The summed E-state index contributed by atoms with van der Waals surface area (Å²) in [6.07, 6.45) is 0.0677. The Kier molecular flexibility index (Phi) is 3.56. The van der Waals surface area contributed by atoms with Gasteiger partial charge < -0.3 is 4.90 Å². The Labute approximate surface area is 110 Å². The average Bonchev–Trinajstić information content (AvgIpc) is 2.79. The minimum atomic E-state index is -4.36. The third-order valence-corrected chi connectivity index (χ3v) is 2.25. The molecule has 0 aromatic carbocycles. The second kappa shape index (κ2) is 5.00. The van der Waals surface area contributed by atoms with E-state index in [0.29, 0.717) is 0 Å². The number of imidazole rings is 1. The SMILES string of the molecule is CN(CC(F)(F)F)c1nc(Cl)nc(-n2ccnc2)n1. The van der Waals surface area contributed by atoms with Crippen LogP contribution in [0.4, 0.5) is 19.1 Å². The van der Waals surface area contributed by atoms with Crippen LogP contribution in [0.1, 0.15) is 0 Å². The van der Waals surface area contributed by atoms with Crippen LogP contribution in [0.2, 0.25) is 5.28 Å². The molecule has 0 atom stereocenters. The first-order chi connectivity index (χ1) is 8.85. The first kappa shape index (κ1) is 13.5. The fourth-order valence-corrected chi connectivity index (χ4v) is 1.48. The molecule has 0 unspecified atom stereocenters. The maximum atomic E-state index is 12.3. The van der Waals surface area contributed by atoms with Crippen LogP contribution in [0, 0.1) is 0 Å². The Morgan fingerprint density at radius 2 is 2.05 bits per heavy atom. The Hall–Kier alpha value is -1.90. The van der Waals surface area contributed by atoms with Gasteiger partial charge in [-0.1, -0.05) is 0 Å². The zero-order valence-electron chi connectivity index (χ0n) is 9.63. The number of nitrogens with zero attached hydrogens (tertiary/aromatic N) is 6. The smallest absolute Gasteiger partial charge is 0.335 e. The predicted octanol–water partition coefficient (Wildman–Crippen LogP) is 1.71. The topological polar surface area (TPSA) is 59.7 Å². The lowest BCUT2D eigenvalue weighted by molar-refractivity contribution is -0.119. The van der Waals surface area contributed by atoms with Gasteiger partial charge in [0.25, 0.3) is 0 Å². The number of alkyl halides is 3. The van der Waals surface area contributed by atoms with E-state index in [1.807, 2.05) is 0 Å². The Morgan fingerprint density at radius 1 is 1.32 bits per heavy atom. The molecule has 0 N–H and O–H groups in total. The third kappa shape index (κ3) is 3.53. The summed E-state index contributed by atoms with van der Waals surface area (Å²) in [5.41, 5.74) is 0. The van der Waals surface area contributed by atoms with E-state index in [0.717, 1.165) is 4.90 Å². The van der Waals surface area contributed by atoms with Crippen molar-refractivity contribution in [3.05, 3.63) is 24.0 Å². The Bertz CT molecular complexity index is 556. The zero-order valence-corrected chi connectivity index (χ0v) is 10.4. The summed E-state index contributed by atoms with van der Waals surface area (Å²) in [4.78, 5) is 16.0. The van der Waals surface area contributed by atoms with E-state index in [4.69, 9.17) is 11.6 Å². The van der Waals surface area contributed by atoms with E-state index >= 15 is 0 Å². The summed E-state index contributed by atoms with van der Waals surface area (Å²) in [7, 11) is 1.22. The normalized spacial score (nSPS) is 11.6. The van der Waals surface area contributed by atoms with Crippen LogP contribution >= 0.6 is 11.6 Å². The van der Waals surface area contributed by atoms with Crippen molar-refractivity contribution >= 4 is 17.5 Å². The highest BCUT2D eigenvalue weighted by Gasteiger charge is 2.30. The van der Waals surface area contributed by atoms with Gasteiger partial charge in [0.2, 0.25) is 17.2 Å². The van der Waals surface area contributed by atoms with Crippen molar-refractivity contribution in [2.45, 2.75) is 6.18 Å². The van der Waals surface area contributed by atoms with Gasteiger partial charge in [0.1, 0.15) is 12.9 Å². The Morgan fingerprint density at radius 3 is 2.63 bits per heavy atom. The summed E-state index contributed by atoms with van der Waals surface area (Å²) in [5.74, 6) is -0.0671. The van der Waals surface area contributed by atoms with Crippen molar-refractivity contribution in [1.29, 1.82) is 0 Å². The molecule has 0 bridgehead atoms. The van der Waals surface area contributed by atoms with Crippen LogP contribution in [0.15, 0.2) is 18.7 Å². The molecule has 6 nitrogen and oxygen atoms in total. The largest absolute Gasteiger partial charge is 0.406 e. The number of halogens is 4. The Balaban J connectivity index is 2.32. The molecule has 2 rings (SSSR count). The van der Waals surface area contributed by atoms with E-state index in [-0.39, 0.29) is 17.2 Å². The first-order valence-electron chi connectivity index (χ1n) is 5.03. The van der Waals surface area contributed by atoms with Gasteiger partial charge in [0.05, 0.1) is 0 Å². The van der Waals surface area contributed by atoms with E-state index in [2.05, 4.69) is 19.9 Å². The number of hydrogen-bond donors (Lipinski definition) is 0. The lowest BCUT2D eigenvalue weighted by Gasteiger charge is -2.19. The van der Waals surface area contributed by atoms with E-state index < -0.39 is 12.7 Å². The van der Waals surface area contributed by atoms with Crippen molar-refractivity contribution < 1.29 is 13.2 Å². The zero-order chi connectivity index (χ0) is 14.0. The highest BCUT2D eigenvalue weighted by molar-refractivity contribution is 6.28. The molecule has 10 heteroatoms. The van der Waals surface area contributed by atoms with E-state index in [1.54, 1.807) is 6.20 Å². The molecule has 0 spiro atoms. The number of aromatic nitrogens is 5. The number of rotatable bonds is 3. The second-order valence-corrected chi connectivity index (χ2v) is 3.98. The van der Waals surface area contributed by atoms with Gasteiger partial charge in [-0.05, 0) is 11.6 Å². The van der Waals surface area contributed by atoms with Gasteiger partial charge in [-0.25, -0.2) is 4.98 Å². The van der Waals surface area contributed by atoms with Crippen LogP contribution in [-0.2, 0) is 0 Å². The standard InChI is InChI=1S/C9H8ClF3N6/c1-18(4-9(11,12)13)7-15-6(10)16-8(17-7)19-3-2-14-5-19/h2-3,5H,4H2,1H3. The quantitative estimate of drug-likeness (QED) is 0.862. The molecule has 0 aliphatic carbocycles. The molecule has 0 saturated carbocycles. The number of anilines is 1. The molecule has 0 fully saturated rings. The molecule has 0 radical (unpaired) electrons. The first-order valence-corrected chi connectivity index (χ1v) is 5.41. The van der Waals surface area contributed by atoms with Gasteiger partial charge in [-0.15, -0.1) is 0 Å². The summed E-state index contributed by atoms with van der Waals surface area (Å²) in [5, 5.41) is -0.192. The number of hydrogen-bond acceptors (Lipinski definition) is 5. The summed E-state index contributed by atoms with van der Waals surface area (Å²) in [6.45, 7) is -1.18. The van der Waals surface area contributed by atoms with Crippen LogP contribution in [0.5, 0.6) is 0 Å². The fourth-order valence-electron chi connectivity index (χ4n) is 1.33. The van der Waals surface area contributed by atoms with E-state index in [9.17, 15) is 13.2 Å². The highest BCUT2D eigenvalue weighted by atomic mass is 35.5. The van der Waals surface area contributed by atoms with Gasteiger partial charge in [0, 0.05) is 19.4 Å². The van der Waals surface area contributed by atoms with Crippen molar-refractivity contribution in [3.63, 3.8) is 0 Å². The second-order valence-electron chi connectivity index (χ2n) is 3.65. The molecule has 2 aromatic rings. The van der Waals surface area contributed by atoms with Crippen molar-refractivity contribution in [2.24, 2.45) is 0 Å². The maximum Gasteiger partial charge on any atom is 0.406 e.